The van der Waals surface area contributed by atoms with Crippen molar-refractivity contribution in [3.63, 3.8) is 0 Å². The van der Waals surface area contributed by atoms with E-state index in [2.05, 4.69) is 36.9 Å². The van der Waals surface area contributed by atoms with Crippen molar-refractivity contribution in [1.29, 1.82) is 0 Å². The van der Waals surface area contributed by atoms with Crippen LogP contribution in [0.3, 0.4) is 0 Å². The number of halogens is 2. The zero-order chi connectivity index (χ0) is 9.45. The van der Waals surface area contributed by atoms with Crippen molar-refractivity contribution in [2.45, 2.75) is 6.42 Å². The van der Waals surface area contributed by atoms with E-state index in [0.29, 0.717) is 12.7 Å². The molecule has 0 aromatic carbocycles. The van der Waals surface area contributed by atoms with Crippen molar-refractivity contribution in [3.05, 3.63) is 0 Å². The lowest BCUT2D eigenvalue weighted by atomic mass is 10.6. The molecule has 0 saturated heterocycles. The van der Waals surface area contributed by atoms with Gasteiger partial charge in [-0.15, -0.1) is 0 Å². The summed E-state index contributed by atoms with van der Waals surface area (Å²) in [6.07, 6.45) is 1.45. The second-order valence-electron chi connectivity index (χ2n) is 2.22. The Hall–Kier alpha value is 1.11. The van der Waals surface area contributed by atoms with Gasteiger partial charge in [-0.25, -0.2) is 5.09 Å². The summed E-state index contributed by atoms with van der Waals surface area (Å²) >= 11 is 6.54. The molecule has 0 spiro atoms. The molecule has 0 rings (SSSR count). The molecule has 0 bridgehead atoms. The van der Waals surface area contributed by atoms with Gasteiger partial charge in [0, 0.05) is 30.5 Å². The van der Waals surface area contributed by atoms with E-state index in [1.165, 1.54) is 7.11 Å². The predicted octanol–water partition coefficient (Wildman–Crippen LogP) is 2.60. The Morgan fingerprint density at radius 1 is 1.42 bits per heavy atom. The lowest BCUT2D eigenvalue weighted by molar-refractivity contribution is 0.383. The van der Waals surface area contributed by atoms with E-state index in [0.717, 1.165) is 17.1 Å². The fourth-order valence-corrected chi connectivity index (χ4v) is 3.43. The maximum absolute atomic E-state index is 11.7. The minimum absolute atomic E-state index is 0.585. The van der Waals surface area contributed by atoms with Crippen LogP contribution >= 0.6 is 39.4 Å². The topological polar surface area (TPSA) is 38.3 Å². The molecule has 0 aliphatic heterocycles. The Bertz CT molecular complexity index is 144. The molecular formula is C6H14Br2NO2P. The van der Waals surface area contributed by atoms with Crippen LogP contribution in [0.1, 0.15) is 6.42 Å². The van der Waals surface area contributed by atoms with Crippen molar-refractivity contribution in [3.8, 4) is 0 Å². The van der Waals surface area contributed by atoms with E-state index in [1.807, 2.05) is 0 Å². The molecule has 0 heterocycles. The molecular weight excluding hydrogens is 309 g/mol. The van der Waals surface area contributed by atoms with Crippen molar-refractivity contribution in [2.24, 2.45) is 0 Å². The molecule has 1 atom stereocenters. The van der Waals surface area contributed by atoms with Gasteiger partial charge in [0.05, 0.1) is 0 Å². The maximum atomic E-state index is 11.7. The molecule has 0 fully saturated rings. The van der Waals surface area contributed by atoms with E-state index in [1.54, 1.807) is 0 Å². The van der Waals surface area contributed by atoms with Crippen molar-refractivity contribution >= 4 is 39.4 Å². The summed E-state index contributed by atoms with van der Waals surface area (Å²) < 4.78 is 16.7. The predicted molar refractivity (Wildman–Crippen MR) is 59.7 cm³/mol. The Labute approximate surface area is 90.4 Å². The van der Waals surface area contributed by atoms with Gasteiger partial charge < -0.3 is 4.52 Å². The van der Waals surface area contributed by atoms with Gasteiger partial charge in [0.25, 0.3) is 7.52 Å². The molecule has 3 nitrogen and oxygen atoms in total. The summed E-state index contributed by atoms with van der Waals surface area (Å²) in [7, 11) is -1.06. The summed E-state index contributed by atoms with van der Waals surface area (Å²) in [6, 6.07) is 0. The molecule has 1 N–H and O–H groups in total. The van der Waals surface area contributed by atoms with E-state index in [9.17, 15) is 4.57 Å². The third-order valence-electron chi connectivity index (χ3n) is 1.33. The van der Waals surface area contributed by atoms with E-state index < -0.39 is 7.52 Å². The minimum Gasteiger partial charge on any atom is -0.321 e. The minimum atomic E-state index is -2.54. The first kappa shape index (κ1) is 13.1. The molecule has 12 heavy (non-hydrogen) atoms. The third-order valence-corrected chi connectivity index (χ3v) is 4.49. The SMILES string of the molecule is COP(=O)(CCCBr)NCCBr. The highest BCUT2D eigenvalue weighted by molar-refractivity contribution is 9.09. The second kappa shape index (κ2) is 7.51. The number of alkyl halides is 2. The Morgan fingerprint density at radius 2 is 2.08 bits per heavy atom. The fraction of sp³-hybridized carbons (Fsp3) is 1.00. The first-order valence-corrected chi connectivity index (χ1v) is 7.75. The normalized spacial score (nSPS) is 15.9. The molecule has 74 valence electrons. The van der Waals surface area contributed by atoms with E-state index in [-0.39, 0.29) is 0 Å². The van der Waals surface area contributed by atoms with Crippen LogP contribution < -0.4 is 5.09 Å². The standard InChI is InChI=1S/C6H14Br2NO2P/c1-11-12(10,6-2-3-7)9-5-4-8/h2-6H2,1H3,(H,9,10). The van der Waals surface area contributed by atoms with Crippen LogP contribution in [-0.2, 0) is 9.09 Å². The Morgan fingerprint density at radius 3 is 2.50 bits per heavy atom. The Kier molecular flexibility index (Phi) is 8.20. The monoisotopic (exact) mass is 321 g/mol. The largest absolute Gasteiger partial charge is 0.321 e. The molecule has 6 heteroatoms. The van der Waals surface area contributed by atoms with Crippen molar-refractivity contribution in [2.75, 3.05) is 30.5 Å². The second-order valence-corrected chi connectivity index (χ2v) is 6.28. The highest BCUT2D eigenvalue weighted by atomic mass is 79.9. The summed E-state index contributed by atoms with van der Waals surface area (Å²) in [6.45, 7) is 0.674. The molecule has 0 aliphatic rings. The van der Waals surface area contributed by atoms with Gasteiger partial charge in [-0.05, 0) is 6.42 Å². The summed E-state index contributed by atoms with van der Waals surface area (Å²) in [5.41, 5.74) is 0. The van der Waals surface area contributed by atoms with Crippen LogP contribution in [0.15, 0.2) is 0 Å². The van der Waals surface area contributed by atoms with Gasteiger partial charge in [0.1, 0.15) is 0 Å². The van der Waals surface area contributed by atoms with Crippen molar-refractivity contribution in [1.82, 2.24) is 5.09 Å². The maximum Gasteiger partial charge on any atom is 0.269 e. The quantitative estimate of drug-likeness (QED) is 0.578. The molecule has 0 aromatic heterocycles. The fourth-order valence-electron chi connectivity index (χ4n) is 0.715. The molecule has 0 amide bonds. The summed E-state index contributed by atoms with van der Waals surface area (Å²) in [5, 5.41) is 4.54. The van der Waals surface area contributed by atoms with Crippen LogP contribution in [0.25, 0.3) is 0 Å². The van der Waals surface area contributed by atoms with Gasteiger partial charge in [-0.2, -0.15) is 0 Å². The highest BCUT2D eigenvalue weighted by Crippen LogP contribution is 2.41. The van der Waals surface area contributed by atoms with Crippen molar-refractivity contribution < 1.29 is 9.09 Å². The lowest BCUT2D eigenvalue weighted by Gasteiger charge is -2.15. The van der Waals surface area contributed by atoms with Crippen LogP contribution in [0.5, 0.6) is 0 Å². The molecule has 1 unspecified atom stereocenters. The molecule has 0 saturated carbocycles. The summed E-state index contributed by atoms with van der Waals surface area (Å²) in [4.78, 5) is 0. The van der Waals surface area contributed by atoms with Gasteiger partial charge in [-0.1, -0.05) is 31.9 Å². The van der Waals surface area contributed by atoms with Crippen LogP contribution in [0.2, 0.25) is 0 Å². The number of hydrogen-bond acceptors (Lipinski definition) is 2. The first-order chi connectivity index (χ1) is 5.68. The van der Waals surface area contributed by atoms with Gasteiger partial charge in [0.2, 0.25) is 0 Å². The van der Waals surface area contributed by atoms with E-state index >= 15 is 0 Å². The first-order valence-electron chi connectivity index (χ1n) is 3.70. The highest BCUT2D eigenvalue weighted by Gasteiger charge is 2.18. The van der Waals surface area contributed by atoms with Crippen LogP contribution in [0.4, 0.5) is 0 Å². The molecule has 0 aliphatic carbocycles. The summed E-state index contributed by atoms with van der Waals surface area (Å²) in [5.74, 6) is 0. The number of hydrogen-bond donors (Lipinski definition) is 1. The average molecular weight is 323 g/mol. The van der Waals surface area contributed by atoms with E-state index in [4.69, 9.17) is 4.52 Å². The van der Waals surface area contributed by atoms with Gasteiger partial charge >= 0.3 is 0 Å². The van der Waals surface area contributed by atoms with Gasteiger partial charge in [0.15, 0.2) is 0 Å². The molecule has 0 radical (unpaired) electrons. The third kappa shape index (κ3) is 5.70. The van der Waals surface area contributed by atoms with Gasteiger partial charge in [-0.3, -0.25) is 4.57 Å². The lowest BCUT2D eigenvalue weighted by Crippen LogP contribution is -2.16. The smallest absolute Gasteiger partial charge is 0.269 e. The number of nitrogens with one attached hydrogen (secondary N) is 1. The Balaban J connectivity index is 3.79. The zero-order valence-corrected chi connectivity index (χ0v) is 11.1. The number of rotatable bonds is 7. The zero-order valence-electron chi connectivity index (χ0n) is 7.06. The van der Waals surface area contributed by atoms with Crippen LogP contribution in [0, 0.1) is 0 Å². The van der Waals surface area contributed by atoms with Crippen LogP contribution in [-0.4, -0.2) is 30.5 Å². The molecule has 0 aromatic rings. The average Bonchev–Trinajstić information content (AvgIpc) is 2.11.